The molecule has 0 aromatic heterocycles. The monoisotopic (exact) mass is 261 g/mol. The molecule has 0 saturated heterocycles. The largest absolute Gasteiger partial charge is 0.432 e. The summed E-state index contributed by atoms with van der Waals surface area (Å²) in [7, 11) is -2.08. The molecule has 1 atom stereocenters. The molecule has 1 unspecified atom stereocenters. The molecule has 0 heterocycles. The molecule has 0 amide bonds. The molecular weight excluding hydrogens is 245 g/mol. The van der Waals surface area contributed by atoms with Gasteiger partial charge in [0.1, 0.15) is 11.5 Å². The third-order valence-electron chi connectivity index (χ3n) is 2.50. The number of nitrogens with one attached hydrogen (secondary N) is 1. The zero-order chi connectivity index (χ0) is 13.0. The van der Waals surface area contributed by atoms with Crippen LogP contribution in [-0.4, -0.2) is 0 Å². The molecule has 0 saturated carbocycles. The second kappa shape index (κ2) is 5.74. The number of hydrogen-bond acceptors (Lipinski definition) is 3. The molecule has 2 aromatic carbocycles. The first-order valence-electron chi connectivity index (χ1n) is 5.72. The number of hydrogen-bond donors (Lipinski definition) is 1. The molecule has 0 bridgehead atoms. The summed E-state index contributed by atoms with van der Waals surface area (Å²) in [6.07, 6.45) is 0. The first-order valence-corrected chi connectivity index (χ1v) is 7.03. The van der Waals surface area contributed by atoms with E-state index in [4.69, 9.17) is 14.2 Å². The second-order valence-corrected chi connectivity index (χ2v) is 5.06. The number of benzene rings is 2. The van der Waals surface area contributed by atoms with Gasteiger partial charge < -0.3 is 9.05 Å². The van der Waals surface area contributed by atoms with Crippen molar-refractivity contribution in [3.63, 3.8) is 0 Å². The highest BCUT2D eigenvalue weighted by molar-refractivity contribution is 7.35. The van der Waals surface area contributed by atoms with Gasteiger partial charge in [-0.15, -0.1) is 0 Å². The summed E-state index contributed by atoms with van der Waals surface area (Å²) in [5, 5.41) is 7.87. The van der Waals surface area contributed by atoms with Gasteiger partial charge in [-0.05, 0) is 43.2 Å². The van der Waals surface area contributed by atoms with E-state index < -0.39 is 8.17 Å². The fourth-order valence-corrected chi connectivity index (χ4v) is 2.39. The van der Waals surface area contributed by atoms with Gasteiger partial charge in [0, 0.05) is 0 Å². The van der Waals surface area contributed by atoms with Crippen molar-refractivity contribution in [3.8, 4) is 11.5 Å². The van der Waals surface area contributed by atoms with Crippen LogP contribution in [0.2, 0.25) is 0 Å². The normalized spacial score (nSPS) is 11.9. The molecular formula is C14H16NO2P. The maximum atomic E-state index is 7.87. The highest BCUT2D eigenvalue weighted by Crippen LogP contribution is 2.32. The van der Waals surface area contributed by atoms with E-state index in [0.717, 1.165) is 11.1 Å². The second-order valence-electron chi connectivity index (χ2n) is 4.07. The summed E-state index contributed by atoms with van der Waals surface area (Å²) in [5.74, 6) is 1.40. The van der Waals surface area contributed by atoms with Gasteiger partial charge in [-0.2, -0.15) is 0 Å². The Morgan fingerprint density at radius 3 is 2.44 bits per heavy atom. The zero-order valence-corrected chi connectivity index (χ0v) is 11.4. The molecule has 1 N–H and O–H groups in total. The molecule has 94 valence electrons. The summed E-state index contributed by atoms with van der Waals surface area (Å²) >= 11 is 0. The van der Waals surface area contributed by atoms with Gasteiger partial charge in [-0.3, -0.25) is 5.16 Å². The predicted octanol–water partition coefficient (Wildman–Crippen LogP) is 4.57. The highest BCUT2D eigenvalue weighted by atomic mass is 31.1. The van der Waals surface area contributed by atoms with Gasteiger partial charge in [0.25, 0.3) is 8.17 Å². The van der Waals surface area contributed by atoms with Gasteiger partial charge >= 0.3 is 0 Å². The number of rotatable bonds is 4. The molecule has 0 radical (unpaired) electrons. The summed E-state index contributed by atoms with van der Waals surface area (Å²) in [6, 6.07) is 15.3. The van der Waals surface area contributed by atoms with Crippen LogP contribution in [0.3, 0.4) is 0 Å². The van der Waals surface area contributed by atoms with Crippen LogP contribution in [0, 0.1) is 19.0 Å². The van der Waals surface area contributed by atoms with Crippen molar-refractivity contribution < 1.29 is 9.05 Å². The lowest BCUT2D eigenvalue weighted by Gasteiger charge is -2.12. The average Bonchev–Trinajstić information content (AvgIpc) is 2.32. The van der Waals surface area contributed by atoms with E-state index >= 15 is 0 Å². The van der Waals surface area contributed by atoms with Crippen LogP contribution in [0.25, 0.3) is 0 Å². The van der Waals surface area contributed by atoms with Crippen molar-refractivity contribution in [1.29, 1.82) is 5.16 Å². The third-order valence-corrected chi connectivity index (χ3v) is 3.32. The molecule has 0 aliphatic carbocycles. The summed E-state index contributed by atoms with van der Waals surface area (Å²) in [4.78, 5) is 0. The van der Waals surface area contributed by atoms with E-state index in [1.54, 1.807) is 0 Å². The lowest BCUT2D eigenvalue weighted by molar-refractivity contribution is 0.496. The van der Waals surface area contributed by atoms with E-state index in [-0.39, 0.29) is 0 Å². The Morgan fingerprint density at radius 1 is 0.944 bits per heavy atom. The highest BCUT2D eigenvalue weighted by Gasteiger charge is 2.03. The Morgan fingerprint density at radius 2 is 1.72 bits per heavy atom. The number of para-hydroxylation sites is 1. The van der Waals surface area contributed by atoms with Crippen molar-refractivity contribution in [2.75, 3.05) is 0 Å². The van der Waals surface area contributed by atoms with E-state index in [9.17, 15) is 0 Å². The quantitative estimate of drug-likeness (QED) is 0.819. The van der Waals surface area contributed by atoms with E-state index in [1.807, 2.05) is 62.4 Å². The van der Waals surface area contributed by atoms with Crippen LogP contribution in [0.5, 0.6) is 11.5 Å². The maximum absolute atomic E-state index is 7.87. The van der Waals surface area contributed by atoms with Gasteiger partial charge in [0.15, 0.2) is 0 Å². The molecule has 4 heteroatoms. The lowest BCUT2D eigenvalue weighted by Crippen LogP contribution is -1.90. The molecule has 0 fully saturated rings. The van der Waals surface area contributed by atoms with Gasteiger partial charge in [-0.25, -0.2) is 0 Å². The van der Waals surface area contributed by atoms with Crippen LogP contribution in [0.1, 0.15) is 11.1 Å². The Kier molecular flexibility index (Phi) is 4.06. The summed E-state index contributed by atoms with van der Waals surface area (Å²) in [6.45, 7) is 3.95. The summed E-state index contributed by atoms with van der Waals surface area (Å²) in [5.41, 5.74) is 2.12. The molecule has 2 rings (SSSR count). The zero-order valence-electron chi connectivity index (χ0n) is 10.4. The van der Waals surface area contributed by atoms with Gasteiger partial charge in [0.2, 0.25) is 0 Å². The molecule has 0 aliphatic rings. The van der Waals surface area contributed by atoms with Gasteiger partial charge in [0.05, 0.1) is 0 Å². The molecule has 0 spiro atoms. The summed E-state index contributed by atoms with van der Waals surface area (Å²) < 4.78 is 11.0. The van der Waals surface area contributed by atoms with Crippen molar-refractivity contribution in [2.45, 2.75) is 13.8 Å². The lowest BCUT2D eigenvalue weighted by atomic mass is 10.2. The minimum absolute atomic E-state index is 0.687. The van der Waals surface area contributed by atoms with Crippen molar-refractivity contribution in [3.05, 3.63) is 59.7 Å². The minimum atomic E-state index is -2.08. The average molecular weight is 261 g/mol. The van der Waals surface area contributed by atoms with Crippen molar-refractivity contribution in [2.24, 2.45) is 0 Å². The molecule has 0 aliphatic heterocycles. The predicted molar refractivity (Wildman–Crippen MR) is 74.6 cm³/mol. The van der Waals surface area contributed by atoms with Crippen molar-refractivity contribution >= 4 is 8.17 Å². The van der Waals surface area contributed by atoms with Crippen LogP contribution in [-0.2, 0) is 0 Å². The number of aryl methyl sites for hydroxylation is 2. The fraction of sp³-hybridized carbons (Fsp3) is 0.143. The Hall–Kier alpha value is -1.73. The Balaban J connectivity index is 2.03. The van der Waals surface area contributed by atoms with Crippen LogP contribution in [0.15, 0.2) is 48.5 Å². The maximum Gasteiger partial charge on any atom is 0.299 e. The van der Waals surface area contributed by atoms with Crippen LogP contribution in [0.4, 0.5) is 0 Å². The first-order chi connectivity index (χ1) is 8.65. The van der Waals surface area contributed by atoms with E-state index in [2.05, 4.69) is 0 Å². The molecule has 18 heavy (non-hydrogen) atoms. The fourth-order valence-electron chi connectivity index (χ4n) is 1.58. The van der Waals surface area contributed by atoms with E-state index in [1.165, 1.54) is 0 Å². The molecule has 3 nitrogen and oxygen atoms in total. The van der Waals surface area contributed by atoms with Crippen LogP contribution < -0.4 is 9.05 Å². The molecule has 2 aromatic rings. The first kappa shape index (κ1) is 12.7. The topological polar surface area (TPSA) is 42.3 Å². The Labute approximate surface area is 108 Å². The van der Waals surface area contributed by atoms with E-state index in [0.29, 0.717) is 11.5 Å². The third kappa shape index (κ3) is 3.38. The van der Waals surface area contributed by atoms with Gasteiger partial charge in [-0.1, -0.05) is 30.3 Å². The standard InChI is InChI=1S/C14H16NO2P/c1-11-6-5-8-13(10-11)16-18(15)17-14-9-4-3-7-12(14)2/h3-10,15,18H,1-2H3. The smallest absolute Gasteiger partial charge is 0.299 e. The SMILES string of the molecule is Cc1cccc(O[PH](=N)Oc2ccccc2C)c1. The minimum Gasteiger partial charge on any atom is -0.432 e. The Bertz CT molecular complexity index is 569. The van der Waals surface area contributed by atoms with Crippen LogP contribution >= 0.6 is 8.17 Å². The van der Waals surface area contributed by atoms with Crippen molar-refractivity contribution in [1.82, 2.24) is 0 Å².